The predicted molar refractivity (Wildman–Crippen MR) is 112 cm³/mol. The smallest absolute Gasteiger partial charge is 0.265 e. The minimum absolute atomic E-state index is 0.173. The molecule has 0 saturated heterocycles. The summed E-state index contributed by atoms with van der Waals surface area (Å²) in [4.78, 5) is 13.2. The van der Waals surface area contributed by atoms with Gasteiger partial charge >= 0.3 is 0 Å². The lowest BCUT2D eigenvalue weighted by Gasteiger charge is -2.18. The van der Waals surface area contributed by atoms with Gasteiger partial charge in [0, 0.05) is 17.3 Å². The zero-order valence-electron chi connectivity index (χ0n) is 16.0. The third-order valence-corrected chi connectivity index (χ3v) is 5.20. The summed E-state index contributed by atoms with van der Waals surface area (Å²) in [7, 11) is 0. The fourth-order valence-electron chi connectivity index (χ4n) is 2.89. The summed E-state index contributed by atoms with van der Waals surface area (Å²) < 4.78 is 22.5. The fourth-order valence-corrected chi connectivity index (χ4v) is 3.68. The van der Waals surface area contributed by atoms with Gasteiger partial charge < -0.3 is 24.3 Å². The number of thiophene rings is 1. The number of para-hydroxylation sites is 2. The molecule has 29 heavy (non-hydrogen) atoms. The van der Waals surface area contributed by atoms with Crippen LogP contribution in [0.4, 0.5) is 5.69 Å². The topological polar surface area (TPSA) is 66.0 Å². The van der Waals surface area contributed by atoms with Gasteiger partial charge in [-0.15, -0.1) is 11.3 Å². The number of rotatable bonds is 7. The normalized spacial score (nSPS) is 12.3. The Hall–Kier alpha value is -3.19. The highest BCUT2D eigenvalue weighted by Crippen LogP contribution is 2.33. The number of fused-ring (bicyclic) bond motifs is 1. The number of carbonyl (C=O) groups is 1. The van der Waals surface area contributed by atoms with Gasteiger partial charge in [-0.3, -0.25) is 4.79 Å². The maximum Gasteiger partial charge on any atom is 0.265 e. The SMILES string of the molecule is CCOc1ccccc1OCc1csc(C(=O)Nc2ccc3c(c2)OCCO3)c1. The van der Waals surface area contributed by atoms with Crippen molar-refractivity contribution in [2.75, 3.05) is 25.1 Å². The maximum atomic E-state index is 12.6. The Morgan fingerprint density at radius 2 is 1.79 bits per heavy atom. The summed E-state index contributed by atoms with van der Waals surface area (Å²) in [6.07, 6.45) is 0. The van der Waals surface area contributed by atoms with Crippen LogP contribution < -0.4 is 24.3 Å². The van der Waals surface area contributed by atoms with Crippen LogP contribution in [0.1, 0.15) is 22.2 Å². The molecular weight excluding hydrogens is 390 g/mol. The van der Waals surface area contributed by atoms with E-state index >= 15 is 0 Å². The average molecular weight is 411 g/mol. The van der Waals surface area contributed by atoms with Gasteiger partial charge in [-0.2, -0.15) is 0 Å². The van der Waals surface area contributed by atoms with Gasteiger partial charge in [0.25, 0.3) is 5.91 Å². The van der Waals surface area contributed by atoms with Gasteiger partial charge in [0.2, 0.25) is 0 Å². The number of hydrogen-bond acceptors (Lipinski definition) is 6. The van der Waals surface area contributed by atoms with E-state index in [-0.39, 0.29) is 5.91 Å². The lowest BCUT2D eigenvalue weighted by atomic mass is 10.2. The average Bonchev–Trinajstić information content (AvgIpc) is 3.22. The van der Waals surface area contributed by atoms with Crippen LogP contribution in [0.15, 0.2) is 53.9 Å². The monoisotopic (exact) mass is 411 g/mol. The Morgan fingerprint density at radius 3 is 2.59 bits per heavy atom. The van der Waals surface area contributed by atoms with E-state index in [1.807, 2.05) is 42.6 Å². The number of carbonyl (C=O) groups excluding carboxylic acids is 1. The van der Waals surface area contributed by atoms with E-state index in [0.29, 0.717) is 60.0 Å². The second-order valence-corrected chi connectivity index (χ2v) is 7.21. The highest BCUT2D eigenvalue weighted by atomic mass is 32.1. The first-order chi connectivity index (χ1) is 14.2. The van der Waals surface area contributed by atoms with Crippen molar-refractivity contribution < 1.29 is 23.7 Å². The van der Waals surface area contributed by atoms with Gasteiger partial charge in [-0.05, 0) is 42.6 Å². The van der Waals surface area contributed by atoms with Gasteiger partial charge in [0.05, 0.1) is 11.5 Å². The van der Waals surface area contributed by atoms with Crippen molar-refractivity contribution in [1.29, 1.82) is 0 Å². The molecule has 0 saturated carbocycles. The van der Waals surface area contributed by atoms with Crippen molar-refractivity contribution in [2.45, 2.75) is 13.5 Å². The van der Waals surface area contributed by atoms with Gasteiger partial charge in [0.1, 0.15) is 19.8 Å². The van der Waals surface area contributed by atoms with E-state index in [9.17, 15) is 4.79 Å². The van der Waals surface area contributed by atoms with E-state index in [0.717, 1.165) is 5.56 Å². The molecule has 0 atom stereocenters. The molecule has 2 aromatic carbocycles. The molecule has 1 N–H and O–H groups in total. The largest absolute Gasteiger partial charge is 0.490 e. The van der Waals surface area contributed by atoms with E-state index < -0.39 is 0 Å². The molecule has 0 radical (unpaired) electrons. The molecule has 1 aliphatic rings. The highest BCUT2D eigenvalue weighted by molar-refractivity contribution is 7.12. The van der Waals surface area contributed by atoms with Crippen molar-refractivity contribution in [3.8, 4) is 23.0 Å². The van der Waals surface area contributed by atoms with E-state index in [2.05, 4.69) is 5.32 Å². The van der Waals surface area contributed by atoms with Crippen molar-refractivity contribution in [2.24, 2.45) is 0 Å². The van der Waals surface area contributed by atoms with Crippen LogP contribution in [0.5, 0.6) is 23.0 Å². The molecule has 2 heterocycles. The molecule has 0 bridgehead atoms. The van der Waals surface area contributed by atoms with Crippen molar-refractivity contribution in [3.05, 3.63) is 64.4 Å². The molecule has 1 aliphatic heterocycles. The minimum Gasteiger partial charge on any atom is -0.490 e. The fraction of sp³-hybridized carbons (Fsp3) is 0.227. The number of hydrogen-bond donors (Lipinski definition) is 1. The molecule has 1 aromatic heterocycles. The molecule has 0 unspecified atom stereocenters. The molecule has 0 spiro atoms. The summed E-state index contributed by atoms with van der Waals surface area (Å²) >= 11 is 1.38. The van der Waals surface area contributed by atoms with Gasteiger partial charge in [0.15, 0.2) is 23.0 Å². The zero-order valence-corrected chi connectivity index (χ0v) is 16.8. The van der Waals surface area contributed by atoms with E-state index in [1.54, 1.807) is 18.2 Å². The van der Waals surface area contributed by atoms with Gasteiger partial charge in [-0.1, -0.05) is 12.1 Å². The summed E-state index contributed by atoms with van der Waals surface area (Å²) in [6.45, 7) is 3.90. The zero-order chi connectivity index (χ0) is 20.1. The van der Waals surface area contributed by atoms with Crippen molar-refractivity contribution in [3.63, 3.8) is 0 Å². The number of nitrogens with one attached hydrogen (secondary N) is 1. The maximum absolute atomic E-state index is 12.6. The lowest BCUT2D eigenvalue weighted by molar-refractivity contribution is 0.103. The molecule has 1 amide bonds. The molecular formula is C22H21NO5S. The third-order valence-electron chi connectivity index (χ3n) is 4.22. The van der Waals surface area contributed by atoms with Gasteiger partial charge in [-0.25, -0.2) is 0 Å². The lowest BCUT2D eigenvalue weighted by Crippen LogP contribution is -2.16. The summed E-state index contributed by atoms with van der Waals surface area (Å²) in [5.41, 5.74) is 1.59. The van der Waals surface area contributed by atoms with Crippen LogP contribution in [-0.2, 0) is 6.61 Å². The second kappa shape index (κ2) is 8.87. The van der Waals surface area contributed by atoms with E-state index in [1.165, 1.54) is 11.3 Å². The third kappa shape index (κ3) is 4.63. The van der Waals surface area contributed by atoms with E-state index in [4.69, 9.17) is 18.9 Å². The quantitative estimate of drug-likeness (QED) is 0.608. The molecule has 150 valence electrons. The van der Waals surface area contributed by atoms with Crippen LogP contribution in [0.25, 0.3) is 0 Å². The Balaban J connectivity index is 1.38. The molecule has 6 nitrogen and oxygen atoms in total. The first-order valence-corrected chi connectivity index (χ1v) is 10.2. The number of anilines is 1. The Morgan fingerprint density at radius 1 is 1.03 bits per heavy atom. The predicted octanol–water partition coefficient (Wildman–Crippen LogP) is 4.75. The molecule has 4 rings (SSSR count). The van der Waals surface area contributed by atoms with Crippen LogP contribution in [-0.4, -0.2) is 25.7 Å². The molecule has 0 fully saturated rings. The van der Waals surface area contributed by atoms with Crippen molar-refractivity contribution >= 4 is 22.9 Å². The van der Waals surface area contributed by atoms with Crippen LogP contribution in [0.3, 0.4) is 0 Å². The summed E-state index contributed by atoms with van der Waals surface area (Å²) in [5.74, 6) is 2.55. The number of amides is 1. The molecule has 0 aliphatic carbocycles. The first-order valence-electron chi connectivity index (χ1n) is 9.36. The summed E-state index contributed by atoms with van der Waals surface area (Å²) in [6, 6.07) is 14.8. The first kappa shape index (κ1) is 19.1. The highest BCUT2D eigenvalue weighted by Gasteiger charge is 2.15. The number of ether oxygens (including phenoxy) is 4. The molecule has 7 heteroatoms. The second-order valence-electron chi connectivity index (χ2n) is 6.30. The molecule has 3 aromatic rings. The Labute approximate surface area is 173 Å². The van der Waals surface area contributed by atoms with Crippen molar-refractivity contribution in [1.82, 2.24) is 0 Å². The van der Waals surface area contributed by atoms with Crippen LogP contribution >= 0.6 is 11.3 Å². The van der Waals surface area contributed by atoms with Crippen LogP contribution in [0, 0.1) is 0 Å². The Bertz CT molecular complexity index is 1000. The number of benzene rings is 2. The van der Waals surface area contributed by atoms with Crippen LogP contribution in [0.2, 0.25) is 0 Å². The standard InChI is InChI=1S/C22H21NO5S/c1-2-25-17-5-3-4-6-18(17)28-13-15-11-21(29-14-15)22(24)23-16-7-8-19-20(12-16)27-10-9-26-19/h3-8,11-12,14H,2,9-10,13H2,1H3,(H,23,24). The summed E-state index contributed by atoms with van der Waals surface area (Å²) in [5, 5.41) is 4.82. The minimum atomic E-state index is -0.173. The Kier molecular flexibility index (Phi) is 5.86.